The second-order valence-electron chi connectivity index (χ2n) is 7.03. The fraction of sp³-hybridized carbons (Fsp3) is 0.421. The van der Waals surface area contributed by atoms with Crippen LogP contribution in [-0.4, -0.2) is 22.4 Å². The van der Waals surface area contributed by atoms with Crippen molar-refractivity contribution in [3.05, 3.63) is 59.4 Å². The molecule has 1 aromatic rings. The third-order valence-corrected chi connectivity index (χ3v) is 3.74. The average Bonchev–Trinajstić information content (AvgIpc) is 2.48. The maximum absolute atomic E-state index is 12.0. The molecule has 0 aromatic heterocycles. The Labute approximate surface area is 143 Å². The van der Waals surface area contributed by atoms with Crippen LogP contribution in [0.3, 0.4) is 0 Å². The lowest BCUT2D eigenvalue weighted by molar-refractivity contribution is -0.159. The van der Waals surface area contributed by atoms with Gasteiger partial charge in [-0.05, 0) is 57.0 Å². The lowest BCUT2D eigenvalue weighted by Crippen LogP contribution is -2.51. The Balaban J connectivity index is 2.07. The standard InChI is InChI=1S/C19H26N2O3/c1-18(2,3)24-16(22)13-19(23)17(20)15(11-12-21-19)10-9-14-7-5-4-6-8-14/h4-8,11-12,21,23H,9-10,13,20H2,1-3H3. The molecule has 0 amide bonds. The topological polar surface area (TPSA) is 84.6 Å². The summed E-state index contributed by atoms with van der Waals surface area (Å²) in [7, 11) is 0. The summed E-state index contributed by atoms with van der Waals surface area (Å²) in [6.45, 7) is 5.36. The Morgan fingerprint density at radius 2 is 1.92 bits per heavy atom. The number of esters is 1. The number of carbonyl (C=O) groups excluding carboxylic acids is 1. The molecule has 0 saturated carbocycles. The van der Waals surface area contributed by atoms with E-state index in [1.54, 1.807) is 27.0 Å². The zero-order valence-corrected chi connectivity index (χ0v) is 14.5. The number of nitrogens with two attached hydrogens (primary N) is 1. The van der Waals surface area contributed by atoms with Crippen molar-refractivity contribution in [3.8, 4) is 0 Å². The maximum Gasteiger partial charge on any atom is 0.311 e. The molecule has 1 unspecified atom stereocenters. The van der Waals surface area contributed by atoms with Crippen LogP contribution < -0.4 is 11.1 Å². The fourth-order valence-electron chi connectivity index (χ4n) is 2.59. The van der Waals surface area contributed by atoms with Crippen molar-refractivity contribution < 1.29 is 14.6 Å². The fourth-order valence-corrected chi connectivity index (χ4v) is 2.59. The Morgan fingerprint density at radius 3 is 2.54 bits per heavy atom. The molecule has 1 heterocycles. The van der Waals surface area contributed by atoms with Crippen LogP contribution in [0, 0.1) is 0 Å². The molecule has 130 valence electrons. The molecule has 2 rings (SSSR count). The first-order valence-corrected chi connectivity index (χ1v) is 8.11. The van der Waals surface area contributed by atoms with Gasteiger partial charge in [-0.3, -0.25) is 4.79 Å². The molecule has 0 radical (unpaired) electrons. The third kappa shape index (κ3) is 4.86. The van der Waals surface area contributed by atoms with Gasteiger partial charge in [-0.1, -0.05) is 30.3 Å². The SMILES string of the molecule is CC(C)(C)OC(=O)CC1(O)NC=CC(CCc2ccccc2)=C1N. The molecule has 1 aliphatic heterocycles. The van der Waals surface area contributed by atoms with Crippen LogP contribution in [0.2, 0.25) is 0 Å². The summed E-state index contributed by atoms with van der Waals surface area (Å²) < 4.78 is 5.28. The van der Waals surface area contributed by atoms with E-state index in [1.165, 1.54) is 5.56 Å². The number of hydrogen-bond acceptors (Lipinski definition) is 5. The first-order chi connectivity index (χ1) is 11.2. The van der Waals surface area contributed by atoms with Crippen molar-refractivity contribution in [1.82, 2.24) is 5.32 Å². The van der Waals surface area contributed by atoms with Crippen molar-refractivity contribution in [1.29, 1.82) is 0 Å². The van der Waals surface area contributed by atoms with Crippen molar-refractivity contribution in [2.45, 2.75) is 51.4 Å². The normalized spacial score (nSPS) is 20.7. The van der Waals surface area contributed by atoms with Gasteiger partial charge in [0.1, 0.15) is 5.60 Å². The summed E-state index contributed by atoms with van der Waals surface area (Å²) in [5, 5.41) is 13.5. The number of hydrogen-bond donors (Lipinski definition) is 3. The van der Waals surface area contributed by atoms with Crippen LogP contribution in [0.5, 0.6) is 0 Å². The molecule has 1 aromatic carbocycles. The highest BCUT2D eigenvalue weighted by Gasteiger charge is 2.37. The molecule has 4 N–H and O–H groups in total. The van der Waals surface area contributed by atoms with E-state index >= 15 is 0 Å². The number of nitrogens with one attached hydrogen (secondary N) is 1. The maximum atomic E-state index is 12.0. The second-order valence-corrected chi connectivity index (χ2v) is 7.03. The molecule has 1 aliphatic rings. The molecule has 0 fully saturated rings. The Bertz CT molecular complexity index is 644. The summed E-state index contributed by atoms with van der Waals surface area (Å²) in [5.74, 6) is -0.502. The van der Waals surface area contributed by atoms with Gasteiger partial charge in [-0.25, -0.2) is 0 Å². The quantitative estimate of drug-likeness (QED) is 0.722. The van der Waals surface area contributed by atoms with Gasteiger partial charge >= 0.3 is 5.97 Å². The van der Waals surface area contributed by atoms with E-state index < -0.39 is 17.3 Å². The summed E-state index contributed by atoms with van der Waals surface area (Å²) in [5.41, 5.74) is 6.22. The molecule has 5 nitrogen and oxygen atoms in total. The summed E-state index contributed by atoms with van der Waals surface area (Å²) in [6.07, 6.45) is 4.71. The highest BCUT2D eigenvalue weighted by Crippen LogP contribution is 2.26. The summed E-state index contributed by atoms with van der Waals surface area (Å²) in [4.78, 5) is 12.0. The first kappa shape index (κ1) is 18.1. The van der Waals surface area contributed by atoms with Crippen molar-refractivity contribution in [2.75, 3.05) is 0 Å². The van der Waals surface area contributed by atoms with E-state index in [9.17, 15) is 9.90 Å². The Kier molecular flexibility index (Phi) is 5.34. The minimum Gasteiger partial charge on any atom is -0.460 e. The van der Waals surface area contributed by atoms with Crippen molar-refractivity contribution in [2.24, 2.45) is 5.73 Å². The van der Waals surface area contributed by atoms with Crippen molar-refractivity contribution in [3.63, 3.8) is 0 Å². The Hall–Kier alpha value is -2.27. The van der Waals surface area contributed by atoms with Crippen LogP contribution in [0.25, 0.3) is 0 Å². The number of ether oxygens (including phenoxy) is 1. The minimum absolute atomic E-state index is 0.241. The first-order valence-electron chi connectivity index (χ1n) is 8.11. The number of aryl methyl sites for hydroxylation is 1. The van der Waals surface area contributed by atoms with Crippen LogP contribution in [0.1, 0.15) is 39.2 Å². The molecule has 0 saturated heterocycles. The monoisotopic (exact) mass is 330 g/mol. The second kappa shape index (κ2) is 7.09. The zero-order valence-electron chi connectivity index (χ0n) is 14.5. The number of allylic oxidation sites excluding steroid dienone is 2. The van der Waals surface area contributed by atoms with Gasteiger partial charge in [0.2, 0.25) is 0 Å². The van der Waals surface area contributed by atoms with Crippen molar-refractivity contribution >= 4 is 5.97 Å². The number of aliphatic hydroxyl groups is 1. The predicted octanol–water partition coefficient (Wildman–Crippen LogP) is 2.37. The molecule has 0 bridgehead atoms. The highest BCUT2D eigenvalue weighted by atomic mass is 16.6. The summed E-state index contributed by atoms with van der Waals surface area (Å²) >= 11 is 0. The number of rotatable bonds is 5. The molecular formula is C19H26N2O3. The smallest absolute Gasteiger partial charge is 0.311 e. The van der Waals surface area contributed by atoms with E-state index in [1.807, 2.05) is 24.3 Å². The molecular weight excluding hydrogens is 304 g/mol. The van der Waals surface area contributed by atoms with Crippen LogP contribution in [0.15, 0.2) is 53.9 Å². The molecule has 24 heavy (non-hydrogen) atoms. The summed E-state index contributed by atoms with van der Waals surface area (Å²) in [6, 6.07) is 10.1. The predicted molar refractivity (Wildman–Crippen MR) is 93.7 cm³/mol. The largest absolute Gasteiger partial charge is 0.460 e. The number of dihydropyridines is 1. The lowest BCUT2D eigenvalue weighted by Gasteiger charge is -2.33. The van der Waals surface area contributed by atoms with E-state index in [0.717, 1.165) is 12.0 Å². The molecule has 5 heteroatoms. The lowest BCUT2D eigenvalue weighted by atomic mass is 9.94. The van der Waals surface area contributed by atoms with Gasteiger partial charge in [0.25, 0.3) is 0 Å². The van der Waals surface area contributed by atoms with E-state index in [2.05, 4.69) is 17.4 Å². The number of benzene rings is 1. The number of carbonyl (C=O) groups is 1. The van der Waals surface area contributed by atoms with Gasteiger partial charge in [0.05, 0.1) is 12.1 Å². The van der Waals surface area contributed by atoms with Gasteiger partial charge in [-0.15, -0.1) is 0 Å². The third-order valence-electron chi connectivity index (χ3n) is 3.74. The van der Waals surface area contributed by atoms with E-state index in [0.29, 0.717) is 6.42 Å². The highest BCUT2D eigenvalue weighted by molar-refractivity contribution is 5.72. The molecule has 1 atom stereocenters. The van der Waals surface area contributed by atoms with Gasteiger partial charge < -0.3 is 20.9 Å². The average molecular weight is 330 g/mol. The zero-order chi connectivity index (χ0) is 17.8. The Morgan fingerprint density at radius 1 is 1.25 bits per heavy atom. The van der Waals surface area contributed by atoms with Crippen LogP contribution in [-0.2, 0) is 16.0 Å². The van der Waals surface area contributed by atoms with Crippen LogP contribution >= 0.6 is 0 Å². The molecule has 0 aliphatic carbocycles. The van der Waals surface area contributed by atoms with E-state index in [4.69, 9.17) is 10.5 Å². The minimum atomic E-state index is -1.61. The van der Waals surface area contributed by atoms with Gasteiger partial charge in [0, 0.05) is 0 Å². The van der Waals surface area contributed by atoms with Gasteiger partial charge in [0.15, 0.2) is 5.72 Å². The molecule has 0 spiro atoms. The van der Waals surface area contributed by atoms with Crippen LogP contribution in [0.4, 0.5) is 0 Å². The van der Waals surface area contributed by atoms with E-state index in [-0.39, 0.29) is 12.1 Å². The van der Waals surface area contributed by atoms with Gasteiger partial charge in [-0.2, -0.15) is 0 Å².